The Kier molecular flexibility index (Phi) is 3.41. The molecule has 1 fully saturated rings. The number of rotatable bonds is 1. The van der Waals surface area contributed by atoms with Gasteiger partial charge in [0.15, 0.2) is 0 Å². The molecule has 0 aromatic heterocycles. The quantitative estimate of drug-likeness (QED) is 0.637. The molecular formula is C10H5BrFNOS2. The molecule has 0 unspecified atom stereocenters. The Bertz CT molecular complexity index is 516. The number of thiocarbonyl (C=S) groups is 1. The Balaban J connectivity index is 2.36. The summed E-state index contributed by atoms with van der Waals surface area (Å²) >= 11 is 9.13. The van der Waals surface area contributed by atoms with Crippen molar-refractivity contribution in [3.05, 3.63) is 39.0 Å². The highest BCUT2D eigenvalue weighted by Gasteiger charge is 2.22. The minimum atomic E-state index is -0.381. The molecule has 82 valence electrons. The molecule has 2 rings (SSSR count). The maximum Gasteiger partial charge on any atom is 0.263 e. The van der Waals surface area contributed by atoms with Gasteiger partial charge >= 0.3 is 0 Å². The van der Waals surface area contributed by atoms with Crippen LogP contribution < -0.4 is 5.32 Å². The third-order valence-electron chi connectivity index (χ3n) is 1.89. The molecule has 6 heteroatoms. The van der Waals surface area contributed by atoms with E-state index in [4.69, 9.17) is 12.2 Å². The van der Waals surface area contributed by atoms with Crippen molar-refractivity contribution in [1.29, 1.82) is 0 Å². The molecule has 1 N–H and O–H groups in total. The van der Waals surface area contributed by atoms with Crippen LogP contribution in [0.4, 0.5) is 4.39 Å². The number of benzene rings is 1. The lowest BCUT2D eigenvalue weighted by Gasteiger charge is -1.98. The summed E-state index contributed by atoms with van der Waals surface area (Å²) in [5.74, 6) is -0.662. The van der Waals surface area contributed by atoms with E-state index in [9.17, 15) is 9.18 Å². The first kappa shape index (κ1) is 11.8. The van der Waals surface area contributed by atoms with Crippen LogP contribution in [0.3, 0.4) is 0 Å². The average Bonchev–Trinajstić information content (AvgIpc) is 2.50. The maximum absolute atomic E-state index is 13.5. The van der Waals surface area contributed by atoms with Gasteiger partial charge in [-0.15, -0.1) is 0 Å². The number of amides is 1. The van der Waals surface area contributed by atoms with Crippen molar-refractivity contribution in [2.45, 2.75) is 0 Å². The van der Waals surface area contributed by atoms with E-state index >= 15 is 0 Å². The number of hydrogen-bond acceptors (Lipinski definition) is 3. The van der Waals surface area contributed by atoms with E-state index in [1.165, 1.54) is 12.1 Å². The summed E-state index contributed by atoms with van der Waals surface area (Å²) in [5, 5.41) is 2.47. The molecule has 0 radical (unpaired) electrons. The van der Waals surface area contributed by atoms with Crippen LogP contribution >= 0.6 is 39.9 Å². The fraction of sp³-hybridized carbons (Fsp3) is 0. The smallest absolute Gasteiger partial charge is 0.263 e. The van der Waals surface area contributed by atoms with Crippen molar-refractivity contribution in [3.63, 3.8) is 0 Å². The molecule has 1 aliphatic rings. The number of carbonyl (C=O) groups is 1. The maximum atomic E-state index is 13.5. The Hall–Kier alpha value is -0.720. The Morgan fingerprint density at radius 2 is 2.25 bits per heavy atom. The number of thioether (sulfide) groups is 1. The van der Waals surface area contributed by atoms with Crippen LogP contribution in [0.5, 0.6) is 0 Å². The van der Waals surface area contributed by atoms with E-state index in [-0.39, 0.29) is 11.7 Å². The van der Waals surface area contributed by atoms with Gasteiger partial charge in [0.2, 0.25) is 0 Å². The number of hydrogen-bond donors (Lipinski definition) is 1. The normalized spacial score (nSPS) is 18.0. The summed E-state index contributed by atoms with van der Waals surface area (Å²) in [7, 11) is 0. The topological polar surface area (TPSA) is 29.1 Å². The molecule has 0 atom stereocenters. The van der Waals surface area contributed by atoms with Gasteiger partial charge in [-0.05, 0) is 18.2 Å². The van der Waals surface area contributed by atoms with E-state index in [0.717, 1.165) is 11.8 Å². The van der Waals surface area contributed by atoms with Gasteiger partial charge in [-0.25, -0.2) is 4.39 Å². The highest BCUT2D eigenvalue weighted by molar-refractivity contribution is 9.10. The molecule has 1 aromatic rings. The standard InChI is InChI=1S/C10H5BrFNOS2/c11-6-2-1-5(7(12)4-6)3-8-9(14)13-10(15)16-8/h1-4H,(H,13,14,15)/b8-3-. The predicted octanol–water partition coefficient (Wildman–Crippen LogP) is 3.08. The Labute approximate surface area is 109 Å². The molecule has 1 amide bonds. The van der Waals surface area contributed by atoms with Crippen LogP contribution in [0.15, 0.2) is 27.6 Å². The molecule has 1 aromatic carbocycles. The zero-order chi connectivity index (χ0) is 11.7. The van der Waals surface area contributed by atoms with Crippen molar-refractivity contribution < 1.29 is 9.18 Å². The first-order valence-corrected chi connectivity index (χ1v) is 6.28. The summed E-state index contributed by atoms with van der Waals surface area (Å²) in [4.78, 5) is 11.8. The van der Waals surface area contributed by atoms with Gasteiger partial charge in [0, 0.05) is 10.0 Å². The highest BCUT2D eigenvalue weighted by atomic mass is 79.9. The molecule has 0 aliphatic carbocycles. The van der Waals surface area contributed by atoms with Crippen LogP contribution in [0.2, 0.25) is 0 Å². The fourth-order valence-corrected chi connectivity index (χ4v) is 2.55. The SMILES string of the molecule is O=C1NC(=S)S/C1=C\c1ccc(Br)cc1F. The van der Waals surface area contributed by atoms with Gasteiger partial charge in [0.05, 0.1) is 4.91 Å². The van der Waals surface area contributed by atoms with Crippen LogP contribution in [-0.4, -0.2) is 10.2 Å². The Morgan fingerprint density at radius 1 is 1.50 bits per heavy atom. The van der Waals surface area contributed by atoms with Crippen LogP contribution in [0, 0.1) is 5.82 Å². The van der Waals surface area contributed by atoms with Crippen LogP contribution in [-0.2, 0) is 4.79 Å². The highest BCUT2D eigenvalue weighted by Crippen LogP contribution is 2.27. The van der Waals surface area contributed by atoms with E-state index in [0.29, 0.717) is 19.3 Å². The van der Waals surface area contributed by atoms with E-state index < -0.39 is 0 Å². The van der Waals surface area contributed by atoms with Crippen molar-refractivity contribution >= 4 is 56.2 Å². The molecule has 2 nitrogen and oxygen atoms in total. The average molecular weight is 318 g/mol. The van der Waals surface area contributed by atoms with Gasteiger partial charge in [0.25, 0.3) is 5.91 Å². The van der Waals surface area contributed by atoms with Crippen molar-refractivity contribution in [3.8, 4) is 0 Å². The summed E-state index contributed by atoms with van der Waals surface area (Å²) in [5.41, 5.74) is 0.366. The first-order chi connectivity index (χ1) is 7.56. The molecule has 0 saturated carbocycles. The second-order valence-corrected chi connectivity index (χ2v) is 5.65. The molecule has 0 spiro atoms. The van der Waals surface area contributed by atoms with Crippen molar-refractivity contribution in [2.75, 3.05) is 0 Å². The minimum absolute atomic E-state index is 0.280. The van der Waals surface area contributed by atoms with Crippen LogP contribution in [0.25, 0.3) is 6.08 Å². The van der Waals surface area contributed by atoms with E-state index in [1.54, 1.807) is 12.1 Å². The lowest BCUT2D eigenvalue weighted by atomic mass is 10.2. The zero-order valence-electron chi connectivity index (χ0n) is 7.79. The van der Waals surface area contributed by atoms with Crippen molar-refractivity contribution in [2.24, 2.45) is 0 Å². The van der Waals surface area contributed by atoms with Gasteiger partial charge in [-0.2, -0.15) is 0 Å². The monoisotopic (exact) mass is 317 g/mol. The van der Waals surface area contributed by atoms with Gasteiger partial charge in [0.1, 0.15) is 10.1 Å². The molecule has 1 heterocycles. The summed E-state index contributed by atoms with van der Waals surface area (Å²) in [6.45, 7) is 0. The van der Waals surface area contributed by atoms with Crippen molar-refractivity contribution in [1.82, 2.24) is 5.32 Å². The van der Waals surface area contributed by atoms with E-state index in [2.05, 4.69) is 21.2 Å². The molecule has 1 saturated heterocycles. The largest absolute Gasteiger partial charge is 0.307 e. The van der Waals surface area contributed by atoms with Crippen LogP contribution in [0.1, 0.15) is 5.56 Å². The fourth-order valence-electron chi connectivity index (χ4n) is 1.18. The summed E-state index contributed by atoms with van der Waals surface area (Å²) in [6.07, 6.45) is 1.49. The first-order valence-electron chi connectivity index (χ1n) is 4.26. The van der Waals surface area contributed by atoms with Gasteiger partial charge < -0.3 is 5.32 Å². The summed E-state index contributed by atoms with van der Waals surface area (Å²) < 4.78 is 14.5. The number of nitrogens with one attached hydrogen (secondary N) is 1. The second kappa shape index (κ2) is 4.65. The zero-order valence-corrected chi connectivity index (χ0v) is 11.0. The second-order valence-electron chi connectivity index (χ2n) is 3.02. The molecule has 1 aliphatic heterocycles. The lowest BCUT2D eigenvalue weighted by molar-refractivity contribution is -0.115. The summed E-state index contributed by atoms with van der Waals surface area (Å²) in [6, 6.07) is 4.66. The third-order valence-corrected chi connectivity index (χ3v) is 3.55. The minimum Gasteiger partial charge on any atom is -0.307 e. The van der Waals surface area contributed by atoms with E-state index in [1.807, 2.05) is 0 Å². The molecule has 0 bridgehead atoms. The Morgan fingerprint density at radius 3 is 2.81 bits per heavy atom. The third kappa shape index (κ3) is 2.50. The number of halogens is 2. The predicted molar refractivity (Wildman–Crippen MR) is 70.4 cm³/mol. The van der Waals surface area contributed by atoms with Gasteiger partial charge in [-0.1, -0.05) is 46.0 Å². The number of carbonyl (C=O) groups excluding carboxylic acids is 1. The van der Waals surface area contributed by atoms with Gasteiger partial charge in [-0.3, -0.25) is 4.79 Å². The molecule has 16 heavy (non-hydrogen) atoms. The molecular weight excluding hydrogens is 313 g/mol. The lowest BCUT2D eigenvalue weighted by Crippen LogP contribution is -2.17.